The first-order valence-electron chi connectivity index (χ1n) is 11.6. The summed E-state index contributed by atoms with van der Waals surface area (Å²) >= 11 is 0. The molecule has 190 valence electrons. The molecule has 0 heterocycles. The molecule has 0 bridgehead atoms. The summed E-state index contributed by atoms with van der Waals surface area (Å²) in [4.78, 5) is 24.8. The van der Waals surface area contributed by atoms with Gasteiger partial charge in [-0.2, -0.15) is 0 Å². The fraction of sp³-hybridized carbons (Fsp3) is 0.267. The van der Waals surface area contributed by atoms with Crippen LogP contribution in [0.4, 0.5) is 0 Å². The maximum atomic E-state index is 13.5. The molecule has 0 atom stereocenters. The normalized spacial score (nSPS) is 11.4. The number of carboxylic acid groups (broad SMARTS) is 1. The van der Waals surface area contributed by atoms with Crippen LogP contribution < -0.4 is 15.2 Å². The number of aromatic carboxylic acids is 1. The average molecular weight is 491 g/mol. The van der Waals surface area contributed by atoms with E-state index in [0.717, 1.165) is 5.56 Å². The first-order chi connectivity index (χ1) is 16.9. The highest BCUT2D eigenvalue weighted by Gasteiger charge is 2.22. The molecule has 0 saturated carbocycles. The van der Waals surface area contributed by atoms with Gasteiger partial charge in [0.25, 0.3) is 0 Å². The third-order valence-electron chi connectivity index (χ3n) is 5.66. The van der Waals surface area contributed by atoms with Crippen LogP contribution >= 0.6 is 0 Å². The van der Waals surface area contributed by atoms with Crippen molar-refractivity contribution in [3.63, 3.8) is 0 Å². The standard InChI is InChI=1S/C26H24O5.C4H10O/c1-14-8-6-7-9-20(14)23(22-15(2)10-11-21(27)18(22)5)26(30)31-24-16(3)12-19(25(28)29)13-17(24)4;1-4(2)3-5/h6-13,27H,2H2,1,3-5H3,(H,28,29);4-5H,3H2,1-2H3/b23-22-;. The number of rotatable bonds is 5. The number of phenolic OH excluding ortho intramolecular Hbond substituents is 1. The molecule has 0 radical (unpaired) electrons. The number of hydrogen-bond donors (Lipinski definition) is 3. The molecule has 0 aromatic heterocycles. The second-order valence-electron chi connectivity index (χ2n) is 9.14. The number of benzene rings is 3. The van der Waals surface area contributed by atoms with Gasteiger partial charge in [0.05, 0.1) is 11.1 Å². The molecule has 3 N–H and O–H groups in total. The van der Waals surface area contributed by atoms with Crippen LogP contribution in [0.15, 0.2) is 48.5 Å². The number of carbonyl (C=O) groups is 2. The third kappa shape index (κ3) is 6.61. The van der Waals surface area contributed by atoms with Gasteiger partial charge in [0, 0.05) is 11.8 Å². The van der Waals surface area contributed by atoms with Crippen LogP contribution in [0, 0.1) is 33.6 Å². The second-order valence-corrected chi connectivity index (χ2v) is 9.14. The van der Waals surface area contributed by atoms with E-state index in [1.165, 1.54) is 12.1 Å². The Labute approximate surface area is 211 Å². The smallest absolute Gasteiger partial charge is 0.344 e. The van der Waals surface area contributed by atoms with Crippen molar-refractivity contribution in [2.24, 2.45) is 5.92 Å². The second kappa shape index (κ2) is 12.2. The first-order valence-corrected chi connectivity index (χ1v) is 11.6. The number of phenols is 1. The number of carboxylic acids is 1. The highest BCUT2D eigenvalue weighted by molar-refractivity contribution is 6.17. The van der Waals surface area contributed by atoms with Crippen molar-refractivity contribution < 1.29 is 29.6 Å². The van der Waals surface area contributed by atoms with Gasteiger partial charge in [-0.05, 0) is 84.8 Å². The van der Waals surface area contributed by atoms with Crippen LogP contribution in [0.1, 0.15) is 52.0 Å². The molecule has 0 amide bonds. The van der Waals surface area contributed by atoms with Gasteiger partial charge in [-0.3, -0.25) is 0 Å². The van der Waals surface area contributed by atoms with E-state index in [1.54, 1.807) is 32.9 Å². The van der Waals surface area contributed by atoms with Gasteiger partial charge >= 0.3 is 11.9 Å². The quantitative estimate of drug-likeness (QED) is 0.366. The van der Waals surface area contributed by atoms with Gasteiger partial charge in [-0.25, -0.2) is 9.59 Å². The van der Waals surface area contributed by atoms with Gasteiger partial charge < -0.3 is 20.1 Å². The zero-order valence-corrected chi connectivity index (χ0v) is 21.7. The van der Waals surface area contributed by atoms with Gasteiger partial charge in [0.1, 0.15) is 11.5 Å². The topological polar surface area (TPSA) is 104 Å². The Bertz CT molecular complexity index is 1360. The first kappa shape index (κ1) is 28.3. The zero-order valence-electron chi connectivity index (χ0n) is 21.7. The summed E-state index contributed by atoms with van der Waals surface area (Å²) in [7, 11) is 0. The molecule has 6 heteroatoms. The molecular formula is C30H34O6. The number of aliphatic hydroxyl groups excluding tert-OH is 1. The van der Waals surface area contributed by atoms with Crippen LogP contribution in [-0.4, -0.2) is 33.9 Å². The van der Waals surface area contributed by atoms with Crippen LogP contribution in [0.2, 0.25) is 0 Å². The van der Waals surface area contributed by atoms with E-state index in [9.17, 15) is 19.8 Å². The summed E-state index contributed by atoms with van der Waals surface area (Å²) in [6, 6.07) is 13.6. The van der Waals surface area contributed by atoms with Crippen molar-refractivity contribution >= 4 is 24.1 Å². The van der Waals surface area contributed by atoms with Gasteiger partial charge in [0.15, 0.2) is 0 Å². The van der Waals surface area contributed by atoms with Crippen molar-refractivity contribution in [3.8, 4) is 11.5 Å². The largest absolute Gasteiger partial charge is 0.508 e. The fourth-order valence-corrected chi connectivity index (χ4v) is 3.68. The fourth-order valence-electron chi connectivity index (χ4n) is 3.68. The molecule has 3 rings (SSSR count). The highest BCUT2D eigenvalue weighted by Crippen LogP contribution is 2.27. The maximum Gasteiger partial charge on any atom is 0.344 e. The lowest BCUT2D eigenvalue weighted by Gasteiger charge is -2.16. The molecule has 0 fully saturated rings. The van der Waals surface area contributed by atoms with E-state index in [1.807, 2.05) is 45.0 Å². The van der Waals surface area contributed by atoms with E-state index in [-0.39, 0.29) is 16.9 Å². The Hall–Kier alpha value is -3.90. The Morgan fingerprint density at radius 1 is 0.944 bits per heavy atom. The van der Waals surface area contributed by atoms with Gasteiger partial charge in [0.2, 0.25) is 0 Å². The number of aromatic hydroxyl groups is 1. The third-order valence-corrected chi connectivity index (χ3v) is 5.66. The van der Waals surface area contributed by atoms with Crippen LogP contribution in [0.25, 0.3) is 12.2 Å². The monoisotopic (exact) mass is 490 g/mol. The lowest BCUT2D eigenvalue weighted by molar-refractivity contribution is -0.128. The molecule has 6 nitrogen and oxygen atoms in total. The summed E-state index contributed by atoms with van der Waals surface area (Å²) in [5.41, 5.74) is 3.56. The average Bonchev–Trinajstić information content (AvgIpc) is 2.82. The molecule has 3 aromatic carbocycles. The number of esters is 1. The Kier molecular flexibility index (Phi) is 9.59. The summed E-state index contributed by atoms with van der Waals surface area (Å²) in [5.74, 6) is -0.852. The summed E-state index contributed by atoms with van der Waals surface area (Å²) in [6.07, 6.45) is 0. The Morgan fingerprint density at radius 3 is 2.00 bits per heavy atom. The van der Waals surface area contributed by atoms with Crippen molar-refractivity contribution in [1.82, 2.24) is 0 Å². The predicted molar refractivity (Wildman–Crippen MR) is 142 cm³/mol. The maximum absolute atomic E-state index is 13.5. The van der Waals surface area contributed by atoms with Gasteiger partial charge in [-0.15, -0.1) is 0 Å². The molecule has 0 aliphatic carbocycles. The van der Waals surface area contributed by atoms with Crippen molar-refractivity contribution in [2.45, 2.75) is 41.5 Å². The molecule has 0 saturated heterocycles. The zero-order chi connectivity index (χ0) is 27.2. The molecule has 0 aliphatic rings. The van der Waals surface area contributed by atoms with E-state index in [0.29, 0.717) is 51.0 Å². The summed E-state index contributed by atoms with van der Waals surface area (Å²) in [6.45, 7) is 15.3. The molecule has 36 heavy (non-hydrogen) atoms. The highest BCUT2D eigenvalue weighted by atomic mass is 16.5. The van der Waals surface area contributed by atoms with E-state index >= 15 is 0 Å². The SMILES string of the molecule is C=c1ccc(O)c(C)/c1=C(\C(=O)Oc1c(C)cc(C(=O)O)cc1C)c1ccccc1C.CC(C)CO. The van der Waals surface area contributed by atoms with E-state index in [4.69, 9.17) is 9.84 Å². The summed E-state index contributed by atoms with van der Waals surface area (Å²) in [5, 5.41) is 28.8. The molecule has 3 aromatic rings. The summed E-state index contributed by atoms with van der Waals surface area (Å²) < 4.78 is 5.81. The number of aliphatic hydroxyl groups is 1. The Morgan fingerprint density at radius 2 is 1.50 bits per heavy atom. The molecule has 0 aliphatic heterocycles. The number of carbonyl (C=O) groups excluding carboxylic acids is 1. The van der Waals surface area contributed by atoms with Crippen molar-refractivity contribution in [3.05, 3.63) is 92.3 Å². The van der Waals surface area contributed by atoms with Crippen molar-refractivity contribution in [1.29, 1.82) is 0 Å². The Balaban J connectivity index is 0.000000830. The van der Waals surface area contributed by atoms with E-state index < -0.39 is 11.9 Å². The molecular weight excluding hydrogens is 456 g/mol. The minimum absolute atomic E-state index is 0.0551. The predicted octanol–water partition coefficient (Wildman–Crippen LogP) is 4.17. The van der Waals surface area contributed by atoms with Gasteiger partial charge in [-0.1, -0.05) is 50.8 Å². The number of ether oxygens (including phenoxy) is 1. The van der Waals surface area contributed by atoms with Crippen LogP contribution in [-0.2, 0) is 4.79 Å². The lowest BCUT2D eigenvalue weighted by atomic mass is 9.95. The minimum atomic E-state index is -1.05. The van der Waals surface area contributed by atoms with Crippen molar-refractivity contribution in [2.75, 3.05) is 6.61 Å². The molecule has 0 unspecified atom stereocenters. The minimum Gasteiger partial charge on any atom is -0.508 e. The number of aryl methyl sites for hydroxylation is 3. The van der Waals surface area contributed by atoms with Crippen LogP contribution in [0.5, 0.6) is 11.5 Å². The van der Waals surface area contributed by atoms with E-state index in [2.05, 4.69) is 6.58 Å². The lowest BCUT2D eigenvalue weighted by Crippen LogP contribution is -2.33. The van der Waals surface area contributed by atoms with Crippen LogP contribution in [0.3, 0.4) is 0 Å². The molecule has 0 spiro atoms. The number of hydrogen-bond acceptors (Lipinski definition) is 5.